The number of hydrogen-bond donors (Lipinski definition) is 1. The summed E-state index contributed by atoms with van der Waals surface area (Å²) >= 11 is 0. The van der Waals surface area contributed by atoms with Gasteiger partial charge < -0.3 is 5.11 Å². The van der Waals surface area contributed by atoms with Gasteiger partial charge in [0.25, 0.3) is 0 Å². The van der Waals surface area contributed by atoms with E-state index in [1.54, 1.807) is 0 Å². The molecule has 5 atom stereocenters. The van der Waals surface area contributed by atoms with Crippen LogP contribution in [0.1, 0.15) is 60.3 Å². The van der Waals surface area contributed by atoms with Crippen LogP contribution in [0.3, 0.4) is 0 Å². The second-order valence-corrected chi connectivity index (χ2v) is 7.81. The Hall–Kier alpha value is -0.820. The molecule has 1 heteroatoms. The molecule has 0 amide bonds. The first-order valence-corrected chi connectivity index (χ1v) is 8.41. The molecule has 2 rings (SSSR count). The number of aliphatic hydroxyl groups is 1. The fourth-order valence-corrected chi connectivity index (χ4v) is 4.77. The smallest absolute Gasteiger partial charge is 0.0636 e. The van der Waals surface area contributed by atoms with Gasteiger partial charge >= 0.3 is 0 Å². The minimum absolute atomic E-state index is 0.0462. The van der Waals surface area contributed by atoms with Gasteiger partial charge in [0.2, 0.25) is 0 Å². The molecule has 0 radical (unpaired) electrons. The lowest BCUT2D eigenvalue weighted by atomic mass is 9.46. The summed E-state index contributed by atoms with van der Waals surface area (Å²) in [5.41, 5.74) is 2.87. The third kappa shape index (κ3) is 2.54. The SMILES string of the molecule is C=CC(C)=CCC1(C)C(C)CC(O)C2(C)C(C)=CCCC12. The Morgan fingerprint density at radius 3 is 2.76 bits per heavy atom. The van der Waals surface area contributed by atoms with Gasteiger partial charge in [0.1, 0.15) is 0 Å². The van der Waals surface area contributed by atoms with Crippen LogP contribution < -0.4 is 0 Å². The van der Waals surface area contributed by atoms with Crippen molar-refractivity contribution in [3.8, 4) is 0 Å². The molecule has 2 aliphatic rings. The zero-order valence-corrected chi connectivity index (χ0v) is 14.4. The van der Waals surface area contributed by atoms with Gasteiger partial charge in [0.05, 0.1) is 6.10 Å². The van der Waals surface area contributed by atoms with E-state index in [2.05, 4.69) is 53.3 Å². The average molecular weight is 288 g/mol. The van der Waals surface area contributed by atoms with E-state index >= 15 is 0 Å². The molecule has 1 N–H and O–H groups in total. The third-order valence-corrected chi connectivity index (χ3v) is 6.86. The molecule has 2 aliphatic carbocycles. The number of hydrogen-bond acceptors (Lipinski definition) is 1. The summed E-state index contributed by atoms with van der Waals surface area (Å²) in [7, 11) is 0. The Kier molecular flexibility index (Phi) is 4.54. The van der Waals surface area contributed by atoms with Crippen LogP contribution in [0.5, 0.6) is 0 Å². The van der Waals surface area contributed by atoms with Gasteiger partial charge in [0.15, 0.2) is 0 Å². The van der Waals surface area contributed by atoms with E-state index in [0.29, 0.717) is 11.8 Å². The van der Waals surface area contributed by atoms with E-state index < -0.39 is 0 Å². The van der Waals surface area contributed by atoms with Gasteiger partial charge in [-0.05, 0) is 56.8 Å². The quantitative estimate of drug-likeness (QED) is 0.553. The highest BCUT2D eigenvalue weighted by Gasteiger charge is 2.56. The van der Waals surface area contributed by atoms with E-state index in [1.165, 1.54) is 17.6 Å². The maximum absolute atomic E-state index is 10.8. The first-order chi connectivity index (χ1) is 9.76. The molecule has 0 heterocycles. The molecule has 0 aliphatic heterocycles. The Morgan fingerprint density at radius 1 is 1.48 bits per heavy atom. The third-order valence-electron chi connectivity index (χ3n) is 6.86. The van der Waals surface area contributed by atoms with Gasteiger partial charge in [0, 0.05) is 5.41 Å². The van der Waals surface area contributed by atoms with Crippen LogP contribution in [0.15, 0.2) is 36.0 Å². The molecule has 5 unspecified atom stereocenters. The highest BCUT2D eigenvalue weighted by atomic mass is 16.3. The maximum atomic E-state index is 10.8. The Balaban J connectivity index is 2.41. The lowest BCUT2D eigenvalue weighted by Crippen LogP contribution is -2.56. The number of aliphatic hydroxyl groups excluding tert-OH is 1. The zero-order valence-electron chi connectivity index (χ0n) is 14.4. The topological polar surface area (TPSA) is 20.2 Å². The molecule has 21 heavy (non-hydrogen) atoms. The molecule has 1 nitrogen and oxygen atoms in total. The molecule has 0 bridgehead atoms. The van der Waals surface area contributed by atoms with E-state index in [-0.39, 0.29) is 16.9 Å². The van der Waals surface area contributed by atoms with Gasteiger partial charge in [-0.3, -0.25) is 0 Å². The molecule has 0 aromatic rings. The van der Waals surface area contributed by atoms with Crippen molar-refractivity contribution in [1.29, 1.82) is 0 Å². The molecule has 1 saturated carbocycles. The van der Waals surface area contributed by atoms with Crippen LogP contribution in [0.4, 0.5) is 0 Å². The molecular formula is C20H32O. The van der Waals surface area contributed by atoms with Crippen molar-refractivity contribution in [2.75, 3.05) is 0 Å². The Labute approximate surface area is 130 Å². The summed E-state index contributed by atoms with van der Waals surface area (Å²) in [6.07, 6.45) is 10.8. The van der Waals surface area contributed by atoms with E-state index in [9.17, 15) is 5.11 Å². The molecule has 0 aromatic carbocycles. The monoisotopic (exact) mass is 288 g/mol. The van der Waals surface area contributed by atoms with Crippen molar-refractivity contribution in [1.82, 2.24) is 0 Å². The van der Waals surface area contributed by atoms with Crippen LogP contribution >= 0.6 is 0 Å². The normalized spacial score (nSPS) is 44.0. The summed E-state index contributed by atoms with van der Waals surface area (Å²) in [4.78, 5) is 0. The highest BCUT2D eigenvalue weighted by molar-refractivity contribution is 5.24. The Bertz CT molecular complexity index is 472. The molecule has 0 spiro atoms. The summed E-state index contributed by atoms with van der Waals surface area (Å²) in [5, 5.41) is 10.8. The summed E-state index contributed by atoms with van der Waals surface area (Å²) in [6, 6.07) is 0. The first-order valence-electron chi connectivity index (χ1n) is 8.41. The predicted molar refractivity (Wildman–Crippen MR) is 91.1 cm³/mol. The van der Waals surface area contributed by atoms with Crippen LogP contribution in [-0.4, -0.2) is 11.2 Å². The van der Waals surface area contributed by atoms with Crippen LogP contribution in [-0.2, 0) is 0 Å². The highest BCUT2D eigenvalue weighted by Crippen LogP contribution is 2.61. The standard InChI is InChI=1S/C20H32O/c1-7-14(2)11-12-19(5)16(4)13-18(21)20(6)15(3)9-8-10-17(19)20/h7,9,11,16-18,21H,1,8,10,12-13H2,2-6H3. The van der Waals surface area contributed by atoms with Crippen LogP contribution in [0.25, 0.3) is 0 Å². The maximum Gasteiger partial charge on any atom is 0.0636 e. The fraction of sp³-hybridized carbons (Fsp3) is 0.700. The second-order valence-electron chi connectivity index (χ2n) is 7.81. The van der Waals surface area contributed by atoms with E-state index in [1.807, 2.05) is 6.08 Å². The van der Waals surface area contributed by atoms with Crippen molar-refractivity contribution in [3.63, 3.8) is 0 Å². The van der Waals surface area contributed by atoms with Crippen molar-refractivity contribution < 1.29 is 5.11 Å². The van der Waals surface area contributed by atoms with E-state index in [4.69, 9.17) is 0 Å². The van der Waals surface area contributed by atoms with Crippen molar-refractivity contribution in [3.05, 3.63) is 36.0 Å². The predicted octanol–water partition coefficient (Wildman–Crippen LogP) is 5.28. The lowest BCUT2D eigenvalue weighted by molar-refractivity contribution is -0.119. The largest absolute Gasteiger partial charge is 0.392 e. The minimum atomic E-state index is -0.202. The second kappa shape index (κ2) is 5.76. The molecular weight excluding hydrogens is 256 g/mol. The number of fused-ring (bicyclic) bond motifs is 1. The molecule has 0 saturated heterocycles. The molecule has 0 aromatic heterocycles. The average Bonchev–Trinajstić information content (AvgIpc) is 2.45. The zero-order chi connectivity index (χ0) is 15.8. The van der Waals surface area contributed by atoms with Gasteiger partial charge in [-0.15, -0.1) is 0 Å². The fourth-order valence-electron chi connectivity index (χ4n) is 4.77. The minimum Gasteiger partial charge on any atom is -0.392 e. The molecule has 1 fully saturated rings. The summed E-state index contributed by atoms with van der Waals surface area (Å²) < 4.78 is 0. The van der Waals surface area contributed by atoms with E-state index in [0.717, 1.165) is 19.3 Å². The molecule has 118 valence electrons. The summed E-state index contributed by atoms with van der Waals surface area (Å²) in [6.45, 7) is 15.3. The number of allylic oxidation sites excluding steroid dienone is 4. The van der Waals surface area contributed by atoms with Crippen molar-refractivity contribution >= 4 is 0 Å². The van der Waals surface area contributed by atoms with Crippen LogP contribution in [0, 0.1) is 22.7 Å². The van der Waals surface area contributed by atoms with Gasteiger partial charge in [-0.2, -0.15) is 0 Å². The van der Waals surface area contributed by atoms with Gasteiger partial charge in [-0.1, -0.05) is 56.7 Å². The van der Waals surface area contributed by atoms with Gasteiger partial charge in [-0.25, -0.2) is 0 Å². The lowest BCUT2D eigenvalue weighted by Gasteiger charge is -2.59. The number of rotatable bonds is 3. The van der Waals surface area contributed by atoms with Crippen molar-refractivity contribution in [2.24, 2.45) is 22.7 Å². The first kappa shape index (κ1) is 16.5. The van der Waals surface area contributed by atoms with Crippen LogP contribution in [0.2, 0.25) is 0 Å². The Morgan fingerprint density at radius 2 is 2.14 bits per heavy atom. The van der Waals surface area contributed by atoms with Crippen molar-refractivity contribution in [2.45, 2.75) is 66.4 Å². The summed E-state index contributed by atoms with van der Waals surface area (Å²) in [5.74, 6) is 1.10.